The molecular formula is C14H18N2O4. The molecule has 1 saturated heterocycles. The van der Waals surface area contributed by atoms with Crippen molar-refractivity contribution in [2.24, 2.45) is 0 Å². The van der Waals surface area contributed by atoms with Gasteiger partial charge in [-0.05, 0) is 12.5 Å². The van der Waals surface area contributed by atoms with Gasteiger partial charge in [-0.3, -0.25) is 10.1 Å². The Morgan fingerprint density at radius 2 is 2.10 bits per heavy atom. The molecule has 1 aromatic rings. The summed E-state index contributed by atoms with van der Waals surface area (Å²) >= 11 is 0. The van der Waals surface area contributed by atoms with Gasteiger partial charge in [-0.25, -0.2) is 4.79 Å². The minimum Gasteiger partial charge on any atom is -0.480 e. The predicted molar refractivity (Wildman–Crippen MR) is 72.2 cm³/mol. The minimum absolute atomic E-state index is 0.0932. The van der Waals surface area contributed by atoms with Crippen LogP contribution in [0.1, 0.15) is 12.5 Å². The third kappa shape index (κ3) is 3.27. The van der Waals surface area contributed by atoms with Gasteiger partial charge in [-0.15, -0.1) is 0 Å². The lowest BCUT2D eigenvalue weighted by Crippen LogP contribution is -2.63. The average molecular weight is 278 g/mol. The van der Waals surface area contributed by atoms with Crippen LogP contribution in [-0.2, 0) is 16.1 Å². The second-order valence-electron chi connectivity index (χ2n) is 5.03. The van der Waals surface area contributed by atoms with Crippen LogP contribution < -0.4 is 5.32 Å². The van der Waals surface area contributed by atoms with E-state index in [1.165, 1.54) is 4.90 Å². The number of carbonyl (C=O) groups excluding carboxylic acids is 1. The molecule has 1 heterocycles. The second kappa shape index (κ2) is 5.92. The molecule has 6 nitrogen and oxygen atoms in total. The third-order valence-electron chi connectivity index (χ3n) is 3.34. The fourth-order valence-electron chi connectivity index (χ4n) is 2.09. The summed E-state index contributed by atoms with van der Waals surface area (Å²) in [6, 6.07) is 9.36. The molecule has 1 aliphatic rings. The molecular weight excluding hydrogens is 260 g/mol. The number of aliphatic carboxylic acids is 1. The van der Waals surface area contributed by atoms with E-state index < -0.39 is 17.6 Å². The van der Waals surface area contributed by atoms with Gasteiger partial charge in [-0.2, -0.15) is 0 Å². The molecule has 0 saturated carbocycles. The Hall–Kier alpha value is -2.08. The van der Waals surface area contributed by atoms with E-state index in [9.17, 15) is 9.59 Å². The smallest absolute Gasteiger partial charge is 0.410 e. The number of nitrogens with zero attached hydrogens (tertiary/aromatic N) is 1. The highest BCUT2D eigenvalue weighted by Gasteiger charge is 2.39. The zero-order chi connectivity index (χ0) is 14.6. The van der Waals surface area contributed by atoms with Crippen LogP contribution in [0, 0.1) is 0 Å². The minimum atomic E-state index is -1.12. The fraction of sp³-hybridized carbons (Fsp3) is 0.429. The Morgan fingerprint density at radius 3 is 2.75 bits per heavy atom. The number of hydrogen-bond acceptors (Lipinski definition) is 4. The van der Waals surface area contributed by atoms with Crippen molar-refractivity contribution in [2.45, 2.75) is 19.1 Å². The Morgan fingerprint density at radius 1 is 1.40 bits per heavy atom. The lowest BCUT2D eigenvalue weighted by Gasteiger charge is -2.37. The van der Waals surface area contributed by atoms with E-state index in [0.29, 0.717) is 13.1 Å². The lowest BCUT2D eigenvalue weighted by molar-refractivity contribution is -0.145. The van der Waals surface area contributed by atoms with Gasteiger partial charge < -0.3 is 14.7 Å². The Kier molecular flexibility index (Phi) is 4.24. The number of rotatable bonds is 3. The Balaban J connectivity index is 1.91. The molecule has 108 valence electrons. The highest BCUT2D eigenvalue weighted by molar-refractivity contribution is 5.80. The molecule has 1 aliphatic heterocycles. The topological polar surface area (TPSA) is 78.9 Å². The van der Waals surface area contributed by atoms with E-state index in [2.05, 4.69) is 5.32 Å². The molecule has 1 atom stereocenters. The van der Waals surface area contributed by atoms with Crippen LogP contribution in [-0.4, -0.2) is 47.2 Å². The molecule has 1 amide bonds. The highest BCUT2D eigenvalue weighted by Crippen LogP contribution is 2.13. The van der Waals surface area contributed by atoms with Crippen LogP contribution in [0.2, 0.25) is 0 Å². The molecule has 0 aromatic heterocycles. The Bertz CT molecular complexity index is 491. The van der Waals surface area contributed by atoms with E-state index in [1.54, 1.807) is 6.92 Å². The van der Waals surface area contributed by atoms with Gasteiger partial charge in [0.05, 0.1) is 6.54 Å². The van der Waals surface area contributed by atoms with Gasteiger partial charge in [0.15, 0.2) is 0 Å². The summed E-state index contributed by atoms with van der Waals surface area (Å²) in [5.41, 5.74) is -0.221. The maximum atomic E-state index is 12.0. The van der Waals surface area contributed by atoms with Gasteiger partial charge in [-0.1, -0.05) is 30.3 Å². The van der Waals surface area contributed by atoms with Crippen molar-refractivity contribution in [3.05, 3.63) is 35.9 Å². The number of ether oxygens (including phenoxy) is 1. The van der Waals surface area contributed by atoms with Gasteiger partial charge in [0.1, 0.15) is 12.1 Å². The monoisotopic (exact) mass is 278 g/mol. The number of piperazine rings is 1. The number of nitrogens with one attached hydrogen (secondary N) is 1. The molecule has 6 heteroatoms. The largest absolute Gasteiger partial charge is 0.480 e. The number of carbonyl (C=O) groups is 2. The number of carboxylic acids is 1. The number of benzene rings is 1. The predicted octanol–water partition coefficient (Wildman–Crippen LogP) is 1.07. The summed E-state index contributed by atoms with van der Waals surface area (Å²) in [7, 11) is 0. The summed E-state index contributed by atoms with van der Waals surface area (Å²) in [6.45, 7) is 2.72. The fourth-order valence-corrected chi connectivity index (χ4v) is 2.09. The maximum absolute atomic E-state index is 12.0. The zero-order valence-electron chi connectivity index (χ0n) is 11.3. The van der Waals surface area contributed by atoms with Crippen LogP contribution in [0.15, 0.2) is 30.3 Å². The SMILES string of the molecule is C[C@@]1(C(=O)O)CN(C(=O)OCc2ccccc2)CCN1. The normalized spacial score (nSPS) is 22.4. The third-order valence-corrected chi connectivity index (χ3v) is 3.34. The van der Waals surface area contributed by atoms with Gasteiger partial charge in [0.25, 0.3) is 0 Å². The Labute approximate surface area is 117 Å². The molecule has 0 spiro atoms. The first-order valence-electron chi connectivity index (χ1n) is 6.45. The lowest BCUT2D eigenvalue weighted by atomic mass is 10.00. The van der Waals surface area contributed by atoms with Crippen LogP contribution >= 0.6 is 0 Å². The first-order chi connectivity index (χ1) is 9.51. The van der Waals surface area contributed by atoms with E-state index >= 15 is 0 Å². The van der Waals surface area contributed by atoms with Gasteiger partial charge >= 0.3 is 12.1 Å². The van der Waals surface area contributed by atoms with Crippen molar-refractivity contribution in [3.8, 4) is 0 Å². The summed E-state index contributed by atoms with van der Waals surface area (Å²) in [5.74, 6) is -0.974. The van der Waals surface area contributed by atoms with E-state index in [-0.39, 0.29) is 13.2 Å². The molecule has 2 rings (SSSR count). The molecule has 20 heavy (non-hydrogen) atoms. The molecule has 1 fully saturated rings. The van der Waals surface area contributed by atoms with Crippen molar-refractivity contribution in [1.82, 2.24) is 10.2 Å². The van der Waals surface area contributed by atoms with Crippen molar-refractivity contribution >= 4 is 12.1 Å². The van der Waals surface area contributed by atoms with Crippen molar-refractivity contribution in [1.29, 1.82) is 0 Å². The van der Waals surface area contributed by atoms with Crippen molar-refractivity contribution in [2.75, 3.05) is 19.6 Å². The number of amides is 1. The molecule has 0 bridgehead atoms. The van der Waals surface area contributed by atoms with Crippen LogP contribution in [0.5, 0.6) is 0 Å². The van der Waals surface area contributed by atoms with Crippen LogP contribution in [0.4, 0.5) is 4.79 Å². The molecule has 2 N–H and O–H groups in total. The van der Waals surface area contributed by atoms with E-state index in [0.717, 1.165) is 5.56 Å². The van der Waals surface area contributed by atoms with E-state index in [1.807, 2.05) is 30.3 Å². The first-order valence-corrected chi connectivity index (χ1v) is 6.45. The number of hydrogen-bond donors (Lipinski definition) is 2. The first kappa shape index (κ1) is 14.3. The van der Waals surface area contributed by atoms with Crippen LogP contribution in [0.3, 0.4) is 0 Å². The van der Waals surface area contributed by atoms with Crippen molar-refractivity contribution in [3.63, 3.8) is 0 Å². The van der Waals surface area contributed by atoms with Gasteiger partial charge in [0.2, 0.25) is 0 Å². The standard InChI is InChI=1S/C14H18N2O4/c1-14(12(17)18)10-16(8-7-15-14)13(19)20-9-11-5-3-2-4-6-11/h2-6,15H,7-10H2,1H3,(H,17,18)/t14-/m0/s1. The quantitative estimate of drug-likeness (QED) is 0.864. The maximum Gasteiger partial charge on any atom is 0.410 e. The molecule has 0 unspecified atom stereocenters. The summed E-state index contributed by atoms with van der Waals surface area (Å²) in [5, 5.41) is 12.1. The average Bonchev–Trinajstić information content (AvgIpc) is 2.46. The summed E-state index contributed by atoms with van der Waals surface area (Å²) in [4.78, 5) is 24.6. The van der Waals surface area contributed by atoms with E-state index in [4.69, 9.17) is 9.84 Å². The molecule has 1 aromatic carbocycles. The van der Waals surface area contributed by atoms with Crippen molar-refractivity contribution < 1.29 is 19.4 Å². The second-order valence-corrected chi connectivity index (χ2v) is 5.03. The number of carboxylic acid groups (broad SMARTS) is 1. The molecule has 0 aliphatic carbocycles. The zero-order valence-corrected chi connectivity index (χ0v) is 11.3. The highest BCUT2D eigenvalue weighted by atomic mass is 16.6. The van der Waals surface area contributed by atoms with Crippen LogP contribution in [0.25, 0.3) is 0 Å². The summed E-state index contributed by atoms with van der Waals surface area (Å²) < 4.78 is 5.21. The summed E-state index contributed by atoms with van der Waals surface area (Å²) in [6.07, 6.45) is -0.483. The van der Waals surface area contributed by atoms with Gasteiger partial charge in [0, 0.05) is 13.1 Å². The molecule has 0 radical (unpaired) electrons.